The van der Waals surface area contributed by atoms with Crippen molar-refractivity contribution in [3.05, 3.63) is 29.0 Å². The molecule has 0 N–H and O–H groups in total. The first-order valence-electron chi connectivity index (χ1n) is 7.21. The van der Waals surface area contributed by atoms with Crippen molar-refractivity contribution >= 4 is 27.9 Å². The number of nitrogens with zero attached hydrogens (tertiary/aromatic N) is 7. The summed E-state index contributed by atoms with van der Waals surface area (Å²) in [5.41, 5.74) is 1.87. The van der Waals surface area contributed by atoms with Gasteiger partial charge in [0.25, 0.3) is 0 Å². The van der Waals surface area contributed by atoms with Crippen molar-refractivity contribution in [3.8, 4) is 0 Å². The molecule has 3 aromatic heterocycles. The summed E-state index contributed by atoms with van der Waals surface area (Å²) in [5.74, 6) is 1.78. The standard InChI is InChI=1S/C14H17N7S/c1-9-8-22-14(15-9)19(3)11-6-20(7-11)13-5-4-12-17-16-10(2)21(12)18-13/h4-5,8,11H,6-7H2,1-3H3. The van der Waals surface area contributed by atoms with Crippen LogP contribution < -0.4 is 9.80 Å². The highest BCUT2D eigenvalue weighted by Crippen LogP contribution is 2.27. The second-order valence-corrected chi connectivity index (χ2v) is 6.49. The number of hydrogen-bond acceptors (Lipinski definition) is 7. The van der Waals surface area contributed by atoms with Gasteiger partial charge in [0.2, 0.25) is 0 Å². The molecule has 1 aliphatic heterocycles. The first-order valence-corrected chi connectivity index (χ1v) is 8.09. The van der Waals surface area contributed by atoms with Gasteiger partial charge >= 0.3 is 0 Å². The molecule has 0 spiro atoms. The second-order valence-electron chi connectivity index (χ2n) is 5.65. The van der Waals surface area contributed by atoms with Gasteiger partial charge in [0.15, 0.2) is 16.6 Å². The maximum Gasteiger partial charge on any atom is 0.185 e. The average molecular weight is 315 g/mol. The summed E-state index contributed by atoms with van der Waals surface area (Å²) in [6.07, 6.45) is 0. The van der Waals surface area contributed by atoms with Gasteiger partial charge in [-0.05, 0) is 26.0 Å². The minimum Gasteiger partial charge on any atom is -0.351 e. The average Bonchev–Trinajstić information content (AvgIpc) is 3.04. The van der Waals surface area contributed by atoms with Crippen molar-refractivity contribution < 1.29 is 0 Å². The molecule has 0 unspecified atom stereocenters. The zero-order valence-corrected chi connectivity index (χ0v) is 13.6. The Morgan fingerprint density at radius 2 is 2.05 bits per heavy atom. The molecule has 114 valence electrons. The third-order valence-electron chi connectivity index (χ3n) is 4.05. The number of aryl methyl sites for hydroxylation is 2. The van der Waals surface area contributed by atoms with E-state index in [0.29, 0.717) is 6.04 Å². The Morgan fingerprint density at radius 1 is 1.23 bits per heavy atom. The summed E-state index contributed by atoms with van der Waals surface area (Å²) in [7, 11) is 2.11. The largest absolute Gasteiger partial charge is 0.351 e. The van der Waals surface area contributed by atoms with Crippen molar-refractivity contribution in [2.75, 3.05) is 29.9 Å². The molecule has 0 amide bonds. The molecule has 0 radical (unpaired) electrons. The number of thiazole rings is 1. The highest BCUT2D eigenvalue weighted by Gasteiger charge is 2.32. The fourth-order valence-electron chi connectivity index (χ4n) is 2.60. The molecule has 0 bridgehead atoms. The van der Waals surface area contributed by atoms with Gasteiger partial charge in [-0.3, -0.25) is 0 Å². The second kappa shape index (κ2) is 4.91. The topological polar surface area (TPSA) is 62.5 Å². The van der Waals surface area contributed by atoms with Crippen molar-refractivity contribution in [3.63, 3.8) is 0 Å². The lowest BCUT2D eigenvalue weighted by Crippen LogP contribution is -2.59. The number of aromatic nitrogens is 5. The number of fused-ring (bicyclic) bond motifs is 1. The molecule has 0 saturated carbocycles. The lowest BCUT2D eigenvalue weighted by atomic mass is 10.1. The van der Waals surface area contributed by atoms with Crippen LogP contribution in [0.3, 0.4) is 0 Å². The predicted molar refractivity (Wildman–Crippen MR) is 86.8 cm³/mol. The molecular weight excluding hydrogens is 298 g/mol. The Hall–Kier alpha value is -2.22. The lowest BCUT2D eigenvalue weighted by Gasteiger charge is -2.44. The minimum absolute atomic E-state index is 0.477. The molecule has 4 rings (SSSR count). The zero-order valence-electron chi connectivity index (χ0n) is 12.8. The molecule has 22 heavy (non-hydrogen) atoms. The normalized spacial score (nSPS) is 15.3. The van der Waals surface area contributed by atoms with Crippen LogP contribution >= 0.6 is 11.3 Å². The van der Waals surface area contributed by atoms with Gasteiger partial charge in [-0.15, -0.1) is 26.6 Å². The van der Waals surface area contributed by atoms with Crippen molar-refractivity contribution in [1.82, 2.24) is 24.8 Å². The smallest absolute Gasteiger partial charge is 0.185 e. The summed E-state index contributed by atoms with van der Waals surface area (Å²) in [6, 6.07) is 4.45. The molecule has 0 atom stereocenters. The molecule has 1 aliphatic rings. The molecule has 3 aromatic rings. The molecule has 8 heteroatoms. The summed E-state index contributed by atoms with van der Waals surface area (Å²) in [4.78, 5) is 9.07. The van der Waals surface area contributed by atoms with Crippen LogP contribution in [0.2, 0.25) is 0 Å². The number of anilines is 2. The Bertz CT molecular complexity index is 818. The monoisotopic (exact) mass is 315 g/mol. The summed E-state index contributed by atoms with van der Waals surface area (Å²) in [6.45, 7) is 5.85. The quantitative estimate of drug-likeness (QED) is 0.730. The Labute approximate surface area is 132 Å². The van der Waals surface area contributed by atoms with Gasteiger partial charge in [-0.25, -0.2) is 4.98 Å². The zero-order chi connectivity index (χ0) is 15.3. The van der Waals surface area contributed by atoms with Gasteiger partial charge in [-0.2, -0.15) is 4.52 Å². The van der Waals surface area contributed by atoms with Crippen molar-refractivity contribution in [2.24, 2.45) is 0 Å². The number of likely N-dealkylation sites (N-methyl/N-ethyl adjacent to an activating group) is 1. The van der Waals surface area contributed by atoms with Crippen LogP contribution in [0, 0.1) is 13.8 Å². The lowest BCUT2D eigenvalue weighted by molar-refractivity contribution is 0.489. The summed E-state index contributed by atoms with van der Waals surface area (Å²) < 4.78 is 1.79. The maximum absolute atomic E-state index is 4.61. The first kappa shape index (κ1) is 13.4. The van der Waals surface area contributed by atoms with Gasteiger partial charge in [-0.1, -0.05) is 0 Å². The van der Waals surface area contributed by atoms with Crippen LogP contribution in [-0.4, -0.2) is 51.0 Å². The van der Waals surface area contributed by atoms with Gasteiger partial charge < -0.3 is 9.80 Å². The fourth-order valence-corrected chi connectivity index (χ4v) is 3.44. The van der Waals surface area contributed by atoms with E-state index in [1.807, 2.05) is 26.0 Å². The Balaban J connectivity index is 1.48. The molecule has 1 saturated heterocycles. The highest BCUT2D eigenvalue weighted by molar-refractivity contribution is 7.13. The molecule has 7 nitrogen and oxygen atoms in total. The summed E-state index contributed by atoms with van der Waals surface area (Å²) in [5, 5.41) is 15.9. The van der Waals surface area contributed by atoms with E-state index in [1.54, 1.807) is 15.9 Å². The Morgan fingerprint density at radius 3 is 2.77 bits per heavy atom. The molecular formula is C14H17N7S. The number of rotatable bonds is 3. The molecule has 0 aromatic carbocycles. The van der Waals surface area contributed by atoms with Crippen LogP contribution in [-0.2, 0) is 0 Å². The number of hydrogen-bond donors (Lipinski definition) is 0. The van der Waals surface area contributed by atoms with Crippen LogP contribution in [0.25, 0.3) is 5.65 Å². The molecule has 1 fully saturated rings. The SMILES string of the molecule is Cc1csc(N(C)C2CN(c3ccc4nnc(C)n4n3)C2)n1. The van der Waals surface area contributed by atoms with E-state index in [1.165, 1.54) is 0 Å². The van der Waals surface area contributed by atoms with Crippen LogP contribution in [0.1, 0.15) is 11.5 Å². The fraction of sp³-hybridized carbons (Fsp3) is 0.429. The molecule has 0 aliphatic carbocycles. The predicted octanol–water partition coefficient (Wildman–Crippen LogP) is 1.52. The molecule has 4 heterocycles. The van der Waals surface area contributed by atoms with E-state index in [-0.39, 0.29) is 0 Å². The summed E-state index contributed by atoms with van der Waals surface area (Å²) >= 11 is 1.70. The van der Waals surface area contributed by atoms with Gasteiger partial charge in [0.05, 0.1) is 11.7 Å². The first-order chi connectivity index (χ1) is 10.6. The van der Waals surface area contributed by atoms with Crippen LogP contribution in [0.15, 0.2) is 17.5 Å². The Kier molecular flexibility index (Phi) is 3.00. The highest BCUT2D eigenvalue weighted by atomic mass is 32.1. The van der Waals surface area contributed by atoms with Gasteiger partial charge in [0, 0.05) is 25.5 Å². The van der Waals surface area contributed by atoms with Crippen molar-refractivity contribution in [2.45, 2.75) is 19.9 Å². The van der Waals surface area contributed by atoms with Crippen molar-refractivity contribution in [1.29, 1.82) is 0 Å². The van der Waals surface area contributed by atoms with Crippen LogP contribution in [0.4, 0.5) is 10.9 Å². The van der Waals surface area contributed by atoms with E-state index in [9.17, 15) is 0 Å². The van der Waals surface area contributed by atoms with E-state index in [4.69, 9.17) is 0 Å². The third-order valence-corrected chi connectivity index (χ3v) is 5.10. The van der Waals surface area contributed by atoms with E-state index in [2.05, 4.69) is 42.5 Å². The van der Waals surface area contributed by atoms with Gasteiger partial charge in [0.1, 0.15) is 5.82 Å². The van der Waals surface area contributed by atoms with E-state index in [0.717, 1.165) is 41.2 Å². The van der Waals surface area contributed by atoms with E-state index >= 15 is 0 Å². The third kappa shape index (κ3) is 2.10. The van der Waals surface area contributed by atoms with Crippen LogP contribution in [0.5, 0.6) is 0 Å². The van der Waals surface area contributed by atoms with E-state index < -0.39 is 0 Å². The minimum atomic E-state index is 0.477. The maximum atomic E-state index is 4.61.